The fourth-order valence-corrected chi connectivity index (χ4v) is 6.93. The lowest BCUT2D eigenvalue weighted by Gasteiger charge is -2.46. The first-order chi connectivity index (χ1) is 26.1. The highest BCUT2D eigenvalue weighted by atomic mass is 16.7. The second-order valence-electron chi connectivity index (χ2n) is 15.1. The molecule has 2 saturated heterocycles. The highest BCUT2D eigenvalue weighted by molar-refractivity contribution is 5.76. The van der Waals surface area contributed by atoms with Crippen molar-refractivity contribution in [2.24, 2.45) is 0 Å². The number of carbonyl (C=O) groups excluding carboxylic acids is 1. The fourth-order valence-electron chi connectivity index (χ4n) is 6.93. The summed E-state index contributed by atoms with van der Waals surface area (Å²) in [5, 5.41) is 86.2. The molecule has 0 aromatic carbocycles. The van der Waals surface area contributed by atoms with E-state index in [0.29, 0.717) is 19.3 Å². The minimum absolute atomic E-state index is 0.222. The van der Waals surface area contributed by atoms with E-state index in [1.165, 1.54) is 44.9 Å². The smallest absolute Gasteiger partial charge is 0.220 e. The molecule has 14 nitrogen and oxygen atoms in total. The largest absolute Gasteiger partial charge is 0.394 e. The molecule has 0 saturated carbocycles. The third kappa shape index (κ3) is 17.9. The van der Waals surface area contributed by atoms with E-state index in [0.717, 1.165) is 64.2 Å². The molecule has 2 fully saturated rings. The Labute approximate surface area is 323 Å². The highest BCUT2D eigenvalue weighted by Gasteiger charge is 2.50. The van der Waals surface area contributed by atoms with Gasteiger partial charge in [-0.2, -0.15) is 0 Å². The minimum Gasteiger partial charge on any atom is -0.394 e. The SMILES string of the molecule is CCCCC/C=C\CCCCCCCC(=O)NC(COC1OC(CO)C(OC2OC(CO)C(O)C(O)C2O)C(O)C1O)C(O)CCCCCCCCCC. The van der Waals surface area contributed by atoms with Crippen LogP contribution in [0.15, 0.2) is 12.2 Å². The number of hydrogen-bond acceptors (Lipinski definition) is 13. The molecular formula is C40H75NO13. The molecule has 0 spiro atoms. The first kappa shape index (κ1) is 48.9. The monoisotopic (exact) mass is 778 g/mol. The second-order valence-corrected chi connectivity index (χ2v) is 15.1. The van der Waals surface area contributed by atoms with Gasteiger partial charge >= 0.3 is 0 Å². The van der Waals surface area contributed by atoms with Crippen molar-refractivity contribution in [3.05, 3.63) is 12.2 Å². The van der Waals surface area contributed by atoms with Crippen molar-refractivity contribution >= 4 is 5.91 Å². The number of hydrogen-bond donors (Lipinski definition) is 9. The van der Waals surface area contributed by atoms with E-state index >= 15 is 0 Å². The fraction of sp³-hybridized carbons (Fsp3) is 0.925. The maximum Gasteiger partial charge on any atom is 0.220 e. The van der Waals surface area contributed by atoms with Crippen LogP contribution in [0.4, 0.5) is 0 Å². The number of aliphatic hydroxyl groups is 8. The minimum atomic E-state index is -1.78. The van der Waals surface area contributed by atoms with Crippen LogP contribution in [0.25, 0.3) is 0 Å². The molecular weight excluding hydrogens is 702 g/mol. The number of carbonyl (C=O) groups is 1. The first-order valence-electron chi connectivity index (χ1n) is 20.9. The number of amides is 1. The average molecular weight is 778 g/mol. The third-order valence-corrected chi connectivity index (χ3v) is 10.5. The van der Waals surface area contributed by atoms with Gasteiger partial charge in [0.1, 0.15) is 48.8 Å². The van der Waals surface area contributed by atoms with Crippen LogP contribution in [0.2, 0.25) is 0 Å². The lowest BCUT2D eigenvalue weighted by Crippen LogP contribution is -2.65. The standard InChI is InChI=1S/C40H75NO13/c1-3-5-7-9-11-13-14-15-16-18-20-22-24-32(45)41-28(29(44)23-21-19-17-12-10-8-6-4-2)27-51-39-37(50)35(48)38(31(26-43)53-39)54-40-36(49)34(47)33(46)30(25-42)52-40/h11,13,28-31,33-40,42-44,46-50H,3-10,12,14-27H2,1-2H3,(H,41,45)/b13-11-. The summed E-state index contributed by atoms with van der Waals surface area (Å²) in [5.41, 5.74) is 0. The van der Waals surface area contributed by atoms with Crippen LogP contribution >= 0.6 is 0 Å². The Morgan fingerprint density at radius 1 is 0.648 bits per heavy atom. The van der Waals surface area contributed by atoms with Gasteiger partial charge in [0.15, 0.2) is 12.6 Å². The predicted molar refractivity (Wildman–Crippen MR) is 203 cm³/mol. The summed E-state index contributed by atoms with van der Waals surface area (Å²) in [5.74, 6) is -0.222. The molecule has 2 rings (SSSR count). The van der Waals surface area contributed by atoms with Gasteiger partial charge in [-0.3, -0.25) is 4.79 Å². The van der Waals surface area contributed by atoms with Gasteiger partial charge in [0, 0.05) is 6.42 Å². The molecule has 0 bridgehead atoms. The van der Waals surface area contributed by atoms with Crippen LogP contribution in [-0.2, 0) is 23.7 Å². The van der Waals surface area contributed by atoms with Gasteiger partial charge in [0.2, 0.25) is 5.91 Å². The molecule has 1 amide bonds. The molecule has 0 aromatic rings. The van der Waals surface area contributed by atoms with Crippen LogP contribution in [0, 0.1) is 0 Å². The van der Waals surface area contributed by atoms with Crippen LogP contribution in [0.3, 0.4) is 0 Å². The summed E-state index contributed by atoms with van der Waals surface area (Å²) in [4.78, 5) is 13.0. The number of unbranched alkanes of at least 4 members (excludes halogenated alkanes) is 15. The Kier molecular flexibility index (Phi) is 26.3. The van der Waals surface area contributed by atoms with E-state index in [1.54, 1.807) is 0 Å². The van der Waals surface area contributed by atoms with Gasteiger partial charge in [-0.25, -0.2) is 0 Å². The summed E-state index contributed by atoms with van der Waals surface area (Å²) >= 11 is 0. The number of aliphatic hydroxyl groups excluding tert-OH is 8. The molecule has 2 aliphatic rings. The Morgan fingerprint density at radius 3 is 1.80 bits per heavy atom. The summed E-state index contributed by atoms with van der Waals surface area (Å²) < 4.78 is 22.6. The van der Waals surface area contributed by atoms with Crippen LogP contribution in [0.1, 0.15) is 142 Å². The van der Waals surface area contributed by atoms with Gasteiger partial charge in [-0.05, 0) is 38.5 Å². The van der Waals surface area contributed by atoms with Crippen molar-refractivity contribution in [1.29, 1.82) is 0 Å². The molecule has 2 aliphatic heterocycles. The predicted octanol–water partition coefficient (Wildman–Crippen LogP) is 2.87. The topological polar surface area (TPSA) is 228 Å². The Balaban J connectivity index is 1.92. The molecule has 0 radical (unpaired) electrons. The van der Waals surface area contributed by atoms with Crippen LogP contribution < -0.4 is 5.32 Å². The normalized spacial score (nSPS) is 30.1. The van der Waals surface area contributed by atoms with Crippen LogP contribution in [-0.4, -0.2) is 140 Å². The quantitative estimate of drug-likeness (QED) is 0.0378. The van der Waals surface area contributed by atoms with Gasteiger partial charge in [0.05, 0.1) is 32.0 Å². The maximum absolute atomic E-state index is 13.0. The third-order valence-electron chi connectivity index (χ3n) is 10.5. The van der Waals surface area contributed by atoms with Gasteiger partial charge in [0.25, 0.3) is 0 Å². The summed E-state index contributed by atoms with van der Waals surface area (Å²) in [6, 6.07) is -0.824. The average Bonchev–Trinajstić information content (AvgIpc) is 3.17. The van der Waals surface area contributed by atoms with Crippen molar-refractivity contribution in [3.8, 4) is 0 Å². The van der Waals surface area contributed by atoms with Crippen molar-refractivity contribution in [1.82, 2.24) is 5.32 Å². The molecule has 0 aliphatic carbocycles. The lowest BCUT2D eigenvalue weighted by atomic mass is 9.97. The second kappa shape index (κ2) is 29.0. The molecule has 12 unspecified atom stereocenters. The zero-order valence-electron chi connectivity index (χ0n) is 33.0. The van der Waals surface area contributed by atoms with E-state index in [-0.39, 0.29) is 12.5 Å². The molecule has 14 heteroatoms. The zero-order chi connectivity index (χ0) is 39.7. The van der Waals surface area contributed by atoms with Gasteiger partial charge < -0.3 is 65.1 Å². The van der Waals surface area contributed by atoms with Crippen molar-refractivity contribution in [2.45, 2.75) is 216 Å². The van der Waals surface area contributed by atoms with E-state index in [1.807, 2.05) is 0 Å². The molecule has 12 atom stereocenters. The Hall–Kier alpha value is -1.27. The summed E-state index contributed by atoms with van der Waals surface area (Å²) in [6.07, 6.45) is 8.20. The van der Waals surface area contributed by atoms with E-state index in [9.17, 15) is 45.6 Å². The number of rotatable bonds is 30. The number of allylic oxidation sites excluding steroid dienone is 2. The van der Waals surface area contributed by atoms with Gasteiger partial charge in [-0.15, -0.1) is 0 Å². The molecule has 9 N–H and O–H groups in total. The Bertz CT molecular complexity index is 972. The van der Waals surface area contributed by atoms with E-state index in [4.69, 9.17) is 18.9 Å². The van der Waals surface area contributed by atoms with Crippen LogP contribution in [0.5, 0.6) is 0 Å². The lowest BCUT2D eigenvalue weighted by molar-refractivity contribution is -0.359. The first-order valence-corrected chi connectivity index (χ1v) is 20.9. The van der Waals surface area contributed by atoms with Crippen molar-refractivity contribution < 1.29 is 64.6 Å². The molecule has 0 aromatic heterocycles. The van der Waals surface area contributed by atoms with Crippen molar-refractivity contribution in [3.63, 3.8) is 0 Å². The van der Waals surface area contributed by atoms with Crippen molar-refractivity contribution in [2.75, 3.05) is 19.8 Å². The highest BCUT2D eigenvalue weighted by Crippen LogP contribution is 2.30. The maximum atomic E-state index is 13.0. The number of nitrogens with one attached hydrogen (secondary N) is 1. The molecule has 318 valence electrons. The molecule has 54 heavy (non-hydrogen) atoms. The zero-order valence-corrected chi connectivity index (χ0v) is 33.0. The Morgan fingerprint density at radius 2 is 1.17 bits per heavy atom. The molecule has 2 heterocycles. The van der Waals surface area contributed by atoms with Gasteiger partial charge in [-0.1, -0.05) is 109 Å². The number of ether oxygens (including phenoxy) is 4. The van der Waals surface area contributed by atoms with E-state index < -0.39 is 86.8 Å². The van der Waals surface area contributed by atoms with E-state index in [2.05, 4.69) is 31.3 Å². The summed E-state index contributed by atoms with van der Waals surface area (Å²) in [7, 11) is 0. The summed E-state index contributed by atoms with van der Waals surface area (Å²) in [6.45, 7) is 2.74.